The van der Waals surface area contributed by atoms with E-state index in [-0.39, 0.29) is 11.8 Å². The Kier molecular flexibility index (Phi) is 7.42. The molecule has 0 spiro atoms. The maximum atomic E-state index is 12.5. The van der Waals surface area contributed by atoms with Gasteiger partial charge in [0.2, 0.25) is 5.91 Å². The van der Waals surface area contributed by atoms with E-state index in [1.54, 1.807) is 0 Å². The van der Waals surface area contributed by atoms with Crippen molar-refractivity contribution >= 4 is 23.2 Å². The molecule has 0 unspecified atom stereocenters. The molecule has 1 aliphatic heterocycles. The summed E-state index contributed by atoms with van der Waals surface area (Å²) in [4.78, 5) is 29.5. The number of nitrogens with zero attached hydrogens (tertiary/aromatic N) is 2. The maximum absolute atomic E-state index is 12.5. The van der Waals surface area contributed by atoms with E-state index < -0.39 is 0 Å². The molecule has 2 aromatic rings. The molecule has 1 aromatic carbocycles. The predicted molar refractivity (Wildman–Crippen MR) is 109 cm³/mol. The summed E-state index contributed by atoms with van der Waals surface area (Å²) in [5, 5.41) is 4.77. The first-order valence-electron chi connectivity index (χ1n) is 9.58. The lowest BCUT2D eigenvalue weighted by atomic mass is 10.2. The summed E-state index contributed by atoms with van der Waals surface area (Å²) in [6.45, 7) is 5.03. The second-order valence-corrected chi connectivity index (χ2v) is 7.78. The van der Waals surface area contributed by atoms with Crippen LogP contribution in [0.1, 0.15) is 34.5 Å². The van der Waals surface area contributed by atoms with Crippen LogP contribution in [0.25, 0.3) is 0 Å². The molecule has 0 bridgehead atoms. The third-order valence-electron chi connectivity index (χ3n) is 4.79. The van der Waals surface area contributed by atoms with Crippen molar-refractivity contribution in [2.24, 2.45) is 0 Å². The zero-order valence-corrected chi connectivity index (χ0v) is 16.4. The van der Waals surface area contributed by atoms with Gasteiger partial charge in [-0.2, -0.15) is 0 Å². The largest absolute Gasteiger partial charge is 0.351 e. The average Bonchev–Trinajstić information content (AvgIpc) is 3.13. The van der Waals surface area contributed by atoms with Crippen LogP contribution >= 0.6 is 11.3 Å². The van der Waals surface area contributed by atoms with Crippen LogP contribution in [0, 0.1) is 0 Å². The lowest BCUT2D eigenvalue weighted by Crippen LogP contribution is -2.35. The van der Waals surface area contributed by atoms with Gasteiger partial charge in [0.05, 0.1) is 4.88 Å². The standard InChI is InChI=1S/C21H27N3O2S/c25-20(10-4-11-22-21(26)19-9-5-16-27-19)24-13-6-12-23(14-15-24)17-18-7-2-1-3-8-18/h1-3,5,7-9,16H,4,6,10-15,17H2,(H,22,26). The van der Waals surface area contributed by atoms with E-state index in [0.717, 1.165) is 39.1 Å². The van der Waals surface area contributed by atoms with Gasteiger partial charge in [-0.3, -0.25) is 14.5 Å². The molecule has 1 saturated heterocycles. The molecule has 1 aromatic heterocycles. The molecule has 144 valence electrons. The normalized spacial score (nSPS) is 15.3. The van der Waals surface area contributed by atoms with Gasteiger partial charge in [0.1, 0.15) is 0 Å². The van der Waals surface area contributed by atoms with Crippen molar-refractivity contribution in [3.63, 3.8) is 0 Å². The molecular weight excluding hydrogens is 358 g/mol. The molecule has 5 nitrogen and oxygen atoms in total. The van der Waals surface area contributed by atoms with Gasteiger partial charge in [0, 0.05) is 45.7 Å². The molecule has 2 heterocycles. The smallest absolute Gasteiger partial charge is 0.261 e. The summed E-state index contributed by atoms with van der Waals surface area (Å²) < 4.78 is 0. The van der Waals surface area contributed by atoms with Crippen LogP contribution in [0.15, 0.2) is 47.8 Å². The highest BCUT2D eigenvalue weighted by Gasteiger charge is 2.19. The summed E-state index contributed by atoms with van der Waals surface area (Å²) in [6.07, 6.45) is 2.18. The Morgan fingerprint density at radius 1 is 1.00 bits per heavy atom. The maximum Gasteiger partial charge on any atom is 0.261 e. The molecule has 0 atom stereocenters. The number of hydrogen-bond donors (Lipinski definition) is 1. The first kappa shape index (κ1) is 19.6. The Labute approximate surface area is 165 Å². The van der Waals surface area contributed by atoms with Gasteiger partial charge in [0.25, 0.3) is 5.91 Å². The molecule has 0 saturated carbocycles. The molecule has 0 radical (unpaired) electrons. The molecular formula is C21H27N3O2S. The molecule has 2 amide bonds. The minimum atomic E-state index is -0.0521. The van der Waals surface area contributed by atoms with Gasteiger partial charge in [-0.25, -0.2) is 0 Å². The van der Waals surface area contributed by atoms with Gasteiger partial charge < -0.3 is 10.2 Å². The van der Waals surface area contributed by atoms with E-state index in [0.29, 0.717) is 24.3 Å². The quantitative estimate of drug-likeness (QED) is 0.746. The van der Waals surface area contributed by atoms with Crippen molar-refractivity contribution in [3.05, 3.63) is 58.3 Å². The number of nitrogens with one attached hydrogen (secondary N) is 1. The number of benzene rings is 1. The Bertz CT molecular complexity index is 718. The molecule has 27 heavy (non-hydrogen) atoms. The van der Waals surface area contributed by atoms with Crippen molar-refractivity contribution in [1.82, 2.24) is 15.1 Å². The first-order valence-corrected chi connectivity index (χ1v) is 10.5. The third kappa shape index (κ3) is 6.19. The van der Waals surface area contributed by atoms with Gasteiger partial charge in [-0.15, -0.1) is 11.3 Å². The molecule has 3 rings (SSSR count). The Morgan fingerprint density at radius 2 is 1.85 bits per heavy atom. The summed E-state index contributed by atoms with van der Waals surface area (Å²) in [7, 11) is 0. The molecule has 6 heteroatoms. The van der Waals surface area contributed by atoms with Gasteiger partial charge in [-0.05, 0) is 29.9 Å². The van der Waals surface area contributed by atoms with E-state index in [4.69, 9.17) is 0 Å². The number of thiophene rings is 1. The first-order chi connectivity index (χ1) is 13.2. The van der Waals surface area contributed by atoms with Crippen LogP contribution in [-0.4, -0.2) is 54.3 Å². The molecule has 1 N–H and O–H groups in total. The van der Waals surface area contributed by atoms with Crippen LogP contribution in [-0.2, 0) is 11.3 Å². The van der Waals surface area contributed by atoms with Crippen molar-refractivity contribution in [3.8, 4) is 0 Å². The van der Waals surface area contributed by atoms with Crippen LogP contribution in [0.2, 0.25) is 0 Å². The fourth-order valence-electron chi connectivity index (χ4n) is 3.31. The summed E-state index contributed by atoms with van der Waals surface area (Å²) >= 11 is 1.43. The van der Waals surface area contributed by atoms with Gasteiger partial charge in [0.15, 0.2) is 0 Å². The van der Waals surface area contributed by atoms with Gasteiger partial charge in [-0.1, -0.05) is 36.4 Å². The third-order valence-corrected chi connectivity index (χ3v) is 5.66. The summed E-state index contributed by atoms with van der Waals surface area (Å²) in [5.41, 5.74) is 1.32. The van der Waals surface area contributed by atoms with Crippen LogP contribution < -0.4 is 5.32 Å². The highest BCUT2D eigenvalue weighted by atomic mass is 32.1. The summed E-state index contributed by atoms with van der Waals surface area (Å²) in [5.74, 6) is 0.144. The van der Waals surface area contributed by atoms with E-state index in [1.165, 1.54) is 16.9 Å². The lowest BCUT2D eigenvalue weighted by molar-refractivity contribution is -0.131. The number of amides is 2. The lowest BCUT2D eigenvalue weighted by Gasteiger charge is -2.22. The van der Waals surface area contributed by atoms with E-state index >= 15 is 0 Å². The van der Waals surface area contributed by atoms with Crippen molar-refractivity contribution in [2.45, 2.75) is 25.8 Å². The van der Waals surface area contributed by atoms with Crippen LogP contribution in [0.4, 0.5) is 0 Å². The van der Waals surface area contributed by atoms with Crippen molar-refractivity contribution in [2.75, 3.05) is 32.7 Å². The minimum absolute atomic E-state index is 0.0521. The van der Waals surface area contributed by atoms with Crippen molar-refractivity contribution in [1.29, 1.82) is 0 Å². The molecule has 1 aliphatic rings. The predicted octanol–water partition coefficient (Wildman–Crippen LogP) is 2.99. The number of hydrogen-bond acceptors (Lipinski definition) is 4. The molecule has 1 fully saturated rings. The number of carbonyl (C=O) groups is 2. The van der Waals surface area contributed by atoms with Crippen LogP contribution in [0.5, 0.6) is 0 Å². The van der Waals surface area contributed by atoms with Crippen LogP contribution in [0.3, 0.4) is 0 Å². The Hall–Kier alpha value is -2.18. The zero-order chi connectivity index (χ0) is 18.9. The fourth-order valence-corrected chi connectivity index (χ4v) is 3.95. The SMILES string of the molecule is O=C(NCCCC(=O)N1CCCN(Cc2ccccc2)CC1)c1cccs1. The minimum Gasteiger partial charge on any atom is -0.351 e. The second-order valence-electron chi connectivity index (χ2n) is 6.83. The van der Waals surface area contributed by atoms with Gasteiger partial charge >= 0.3 is 0 Å². The van der Waals surface area contributed by atoms with E-state index in [1.807, 2.05) is 28.5 Å². The fraction of sp³-hybridized carbons (Fsp3) is 0.429. The monoisotopic (exact) mass is 385 g/mol. The van der Waals surface area contributed by atoms with E-state index in [9.17, 15) is 9.59 Å². The average molecular weight is 386 g/mol. The van der Waals surface area contributed by atoms with E-state index in [2.05, 4.69) is 34.5 Å². The zero-order valence-electron chi connectivity index (χ0n) is 15.6. The topological polar surface area (TPSA) is 52.7 Å². The highest BCUT2D eigenvalue weighted by Crippen LogP contribution is 2.11. The Balaban J connectivity index is 1.36. The number of carbonyl (C=O) groups excluding carboxylic acids is 2. The molecule has 0 aliphatic carbocycles. The second kappa shape index (κ2) is 10.2. The number of rotatable bonds is 7. The van der Waals surface area contributed by atoms with Crippen molar-refractivity contribution < 1.29 is 9.59 Å². The Morgan fingerprint density at radius 3 is 2.63 bits per heavy atom. The summed E-state index contributed by atoms with van der Waals surface area (Å²) in [6, 6.07) is 14.2. The highest BCUT2D eigenvalue weighted by molar-refractivity contribution is 7.12.